The number of rotatable bonds is 3. The Morgan fingerprint density at radius 3 is 2.31 bits per heavy atom. The van der Waals surface area contributed by atoms with Gasteiger partial charge < -0.3 is 10.8 Å². The molecule has 0 aliphatic rings. The van der Waals surface area contributed by atoms with E-state index in [1.54, 1.807) is 11.3 Å². The molecule has 16 heavy (non-hydrogen) atoms. The monoisotopic (exact) mass is 242 g/mol. The van der Waals surface area contributed by atoms with E-state index in [1.165, 1.54) is 0 Å². The summed E-state index contributed by atoms with van der Waals surface area (Å²) in [7, 11) is 0. The number of hydrogen-bond acceptors (Lipinski definition) is 4. The number of aliphatic hydroxyl groups is 1. The lowest BCUT2D eigenvalue weighted by molar-refractivity contribution is 0.0522. The maximum Gasteiger partial charge on any atom is 0.103 e. The van der Waals surface area contributed by atoms with E-state index in [4.69, 9.17) is 5.73 Å². The minimum Gasteiger partial charge on any atom is -0.386 e. The lowest BCUT2D eigenvalue weighted by Gasteiger charge is -2.27. The number of hydrogen-bond donors (Lipinski definition) is 2. The van der Waals surface area contributed by atoms with E-state index in [0.717, 1.165) is 10.7 Å². The van der Waals surface area contributed by atoms with Crippen LogP contribution in [0.15, 0.2) is 5.38 Å². The quantitative estimate of drug-likeness (QED) is 0.856. The van der Waals surface area contributed by atoms with Crippen molar-refractivity contribution in [2.45, 2.75) is 46.1 Å². The normalized spacial score (nSPS) is 15.2. The highest BCUT2D eigenvalue weighted by Gasteiger charge is 2.30. The van der Waals surface area contributed by atoms with Gasteiger partial charge in [0, 0.05) is 22.8 Å². The van der Waals surface area contributed by atoms with E-state index in [0.29, 0.717) is 6.54 Å². The Morgan fingerprint density at radius 2 is 1.94 bits per heavy atom. The van der Waals surface area contributed by atoms with Crippen molar-refractivity contribution in [1.82, 2.24) is 4.98 Å². The third kappa shape index (κ3) is 2.81. The average molecular weight is 242 g/mol. The van der Waals surface area contributed by atoms with E-state index in [9.17, 15) is 5.11 Å². The Hall–Kier alpha value is -0.450. The molecule has 0 aliphatic carbocycles. The minimum absolute atomic E-state index is 0.0372. The molecular weight excluding hydrogens is 220 g/mol. The van der Waals surface area contributed by atoms with Gasteiger partial charge in [-0.2, -0.15) is 0 Å². The molecule has 1 atom stereocenters. The van der Waals surface area contributed by atoms with Crippen LogP contribution in [0.2, 0.25) is 0 Å². The largest absolute Gasteiger partial charge is 0.386 e. The summed E-state index contributed by atoms with van der Waals surface area (Å²) in [5.41, 5.74) is 6.10. The summed E-state index contributed by atoms with van der Waals surface area (Å²) in [6, 6.07) is 0. The van der Waals surface area contributed by atoms with Crippen molar-refractivity contribution in [1.29, 1.82) is 0 Å². The highest BCUT2D eigenvalue weighted by atomic mass is 32.1. The molecule has 0 aromatic carbocycles. The van der Waals surface area contributed by atoms with E-state index in [2.05, 4.69) is 25.8 Å². The van der Waals surface area contributed by atoms with Gasteiger partial charge in [0.1, 0.15) is 6.10 Å². The Labute approximate surface area is 102 Å². The van der Waals surface area contributed by atoms with Crippen molar-refractivity contribution in [3.05, 3.63) is 16.1 Å². The molecule has 1 aromatic heterocycles. The van der Waals surface area contributed by atoms with Crippen LogP contribution in [0.1, 0.15) is 51.4 Å². The molecule has 0 amide bonds. The minimum atomic E-state index is -0.593. The Kier molecular flexibility index (Phi) is 3.77. The van der Waals surface area contributed by atoms with Gasteiger partial charge in [-0.25, -0.2) is 4.98 Å². The second kappa shape index (κ2) is 4.43. The average Bonchev–Trinajstić information content (AvgIpc) is 2.64. The lowest BCUT2D eigenvalue weighted by Crippen LogP contribution is -2.31. The standard InChI is InChI=1S/C12H22N2OS/c1-11(2,3)10-14-8(6-16-10)9(15)12(4,5)7-13/h6,9,15H,7,13H2,1-5H3. The summed E-state index contributed by atoms with van der Waals surface area (Å²) in [4.78, 5) is 4.51. The fraction of sp³-hybridized carbons (Fsp3) is 0.750. The topological polar surface area (TPSA) is 59.1 Å². The first-order valence-corrected chi connectivity index (χ1v) is 6.40. The predicted octanol–water partition coefficient (Wildman–Crippen LogP) is 2.46. The zero-order chi connectivity index (χ0) is 12.6. The van der Waals surface area contributed by atoms with Gasteiger partial charge in [-0.15, -0.1) is 11.3 Å². The molecule has 0 aliphatic heterocycles. The van der Waals surface area contributed by atoms with Crippen LogP contribution >= 0.6 is 11.3 Å². The molecule has 3 N–H and O–H groups in total. The predicted molar refractivity (Wildman–Crippen MR) is 68.6 cm³/mol. The lowest BCUT2D eigenvalue weighted by atomic mass is 9.85. The molecule has 1 heterocycles. The molecule has 0 spiro atoms. The Morgan fingerprint density at radius 1 is 1.38 bits per heavy atom. The van der Waals surface area contributed by atoms with E-state index < -0.39 is 6.10 Å². The maximum absolute atomic E-state index is 10.2. The molecule has 1 aromatic rings. The number of aliphatic hydroxyl groups excluding tert-OH is 1. The van der Waals surface area contributed by atoms with Crippen LogP contribution in [0.3, 0.4) is 0 Å². The van der Waals surface area contributed by atoms with Crippen LogP contribution in [-0.2, 0) is 5.41 Å². The molecular formula is C12H22N2OS. The zero-order valence-corrected chi connectivity index (χ0v) is 11.6. The van der Waals surface area contributed by atoms with Gasteiger partial charge in [0.25, 0.3) is 0 Å². The summed E-state index contributed by atoms with van der Waals surface area (Å²) < 4.78 is 0. The highest BCUT2D eigenvalue weighted by molar-refractivity contribution is 7.09. The number of thiazole rings is 1. The molecule has 0 saturated carbocycles. The van der Waals surface area contributed by atoms with Gasteiger partial charge in [-0.1, -0.05) is 34.6 Å². The second-order valence-corrected chi connectivity index (χ2v) is 6.78. The van der Waals surface area contributed by atoms with Crippen LogP contribution in [0.4, 0.5) is 0 Å². The van der Waals surface area contributed by atoms with Gasteiger partial charge in [0.05, 0.1) is 10.7 Å². The molecule has 0 bridgehead atoms. The number of nitrogens with zero attached hydrogens (tertiary/aromatic N) is 1. The van der Waals surface area contributed by atoms with Crippen LogP contribution in [-0.4, -0.2) is 16.6 Å². The molecule has 1 unspecified atom stereocenters. The first-order valence-electron chi connectivity index (χ1n) is 5.52. The van der Waals surface area contributed by atoms with Gasteiger partial charge in [0.15, 0.2) is 0 Å². The summed E-state index contributed by atoms with van der Waals surface area (Å²) >= 11 is 1.60. The van der Waals surface area contributed by atoms with Crippen molar-refractivity contribution in [2.75, 3.05) is 6.54 Å². The van der Waals surface area contributed by atoms with Crippen molar-refractivity contribution < 1.29 is 5.11 Å². The zero-order valence-electron chi connectivity index (χ0n) is 10.7. The van der Waals surface area contributed by atoms with Crippen molar-refractivity contribution in [3.8, 4) is 0 Å². The molecule has 0 saturated heterocycles. The molecule has 0 fully saturated rings. The van der Waals surface area contributed by atoms with E-state index >= 15 is 0 Å². The van der Waals surface area contributed by atoms with E-state index in [-0.39, 0.29) is 10.8 Å². The molecule has 3 nitrogen and oxygen atoms in total. The van der Waals surface area contributed by atoms with Crippen molar-refractivity contribution >= 4 is 11.3 Å². The maximum atomic E-state index is 10.2. The number of aromatic nitrogens is 1. The fourth-order valence-electron chi connectivity index (χ4n) is 1.27. The summed E-state index contributed by atoms with van der Waals surface area (Å²) in [6.07, 6.45) is -0.593. The molecule has 0 radical (unpaired) electrons. The summed E-state index contributed by atoms with van der Waals surface area (Å²) in [5.74, 6) is 0. The van der Waals surface area contributed by atoms with Gasteiger partial charge in [-0.05, 0) is 0 Å². The third-order valence-electron chi connectivity index (χ3n) is 2.71. The summed E-state index contributed by atoms with van der Waals surface area (Å²) in [6.45, 7) is 10.7. The first kappa shape index (κ1) is 13.6. The first-order chi connectivity index (χ1) is 7.18. The highest BCUT2D eigenvalue weighted by Crippen LogP contribution is 2.35. The SMILES string of the molecule is CC(C)(C)c1nc(C(O)C(C)(C)CN)cs1. The van der Waals surface area contributed by atoms with Gasteiger partial charge >= 0.3 is 0 Å². The van der Waals surface area contributed by atoms with Crippen LogP contribution in [0, 0.1) is 5.41 Å². The summed E-state index contributed by atoms with van der Waals surface area (Å²) in [5, 5.41) is 13.2. The van der Waals surface area contributed by atoms with E-state index in [1.807, 2.05) is 19.2 Å². The van der Waals surface area contributed by atoms with Crippen molar-refractivity contribution in [3.63, 3.8) is 0 Å². The van der Waals surface area contributed by atoms with Gasteiger partial charge in [0.2, 0.25) is 0 Å². The molecule has 4 heteroatoms. The Balaban J connectivity index is 2.95. The smallest absolute Gasteiger partial charge is 0.103 e. The fourth-order valence-corrected chi connectivity index (χ4v) is 2.19. The van der Waals surface area contributed by atoms with Crippen LogP contribution in [0.5, 0.6) is 0 Å². The van der Waals surface area contributed by atoms with Gasteiger partial charge in [-0.3, -0.25) is 0 Å². The van der Waals surface area contributed by atoms with Crippen molar-refractivity contribution in [2.24, 2.45) is 11.1 Å². The Bertz CT molecular complexity index is 352. The second-order valence-electron chi connectivity index (χ2n) is 5.92. The van der Waals surface area contributed by atoms with Crippen LogP contribution in [0.25, 0.3) is 0 Å². The number of nitrogens with two attached hydrogens (primary N) is 1. The third-order valence-corrected chi connectivity index (χ3v) is 4.00. The molecule has 92 valence electrons. The molecule has 1 rings (SSSR count). The van der Waals surface area contributed by atoms with Crippen LogP contribution < -0.4 is 5.73 Å².